The van der Waals surface area contributed by atoms with Crippen LogP contribution in [0, 0.1) is 0 Å². The maximum absolute atomic E-state index is 13.1. The Balaban J connectivity index is 1.38. The first kappa shape index (κ1) is 24.3. The molecule has 1 saturated heterocycles. The van der Waals surface area contributed by atoms with E-state index < -0.39 is 0 Å². The van der Waals surface area contributed by atoms with Crippen molar-refractivity contribution in [3.63, 3.8) is 0 Å². The predicted molar refractivity (Wildman–Crippen MR) is 147 cm³/mol. The third-order valence-corrected chi connectivity index (χ3v) is 7.43. The summed E-state index contributed by atoms with van der Waals surface area (Å²) in [4.78, 5) is 15.7. The number of benzene rings is 3. The Morgan fingerprint density at radius 2 is 1.56 bits per heavy atom. The van der Waals surface area contributed by atoms with Crippen LogP contribution in [-0.2, 0) is 0 Å². The largest absolute Gasteiger partial charge is 0.493 e. The molecular formula is C32H35NO3. The van der Waals surface area contributed by atoms with E-state index in [1.54, 1.807) is 14.2 Å². The number of carbonyl (C=O) groups is 1. The number of Topliss-reactive ketones (excluding diaryl/α,β-unsaturated/α-hetero) is 1. The molecule has 2 aliphatic rings. The molecule has 1 aliphatic carbocycles. The van der Waals surface area contributed by atoms with Gasteiger partial charge in [0.15, 0.2) is 17.3 Å². The van der Waals surface area contributed by atoms with Crippen molar-refractivity contribution < 1.29 is 14.3 Å². The molecule has 1 fully saturated rings. The average Bonchev–Trinajstić information content (AvgIpc) is 3.24. The molecule has 0 amide bonds. The summed E-state index contributed by atoms with van der Waals surface area (Å²) in [7, 11) is 3.30. The normalized spacial score (nSPS) is 16.0. The number of hydrogen-bond donors (Lipinski definition) is 0. The van der Waals surface area contributed by atoms with E-state index in [1.165, 1.54) is 49.0 Å². The second kappa shape index (κ2) is 11.1. The number of hydrogen-bond acceptors (Lipinski definition) is 4. The number of unbranched alkanes of at least 4 members (excludes halogenated alkanes) is 1. The van der Waals surface area contributed by atoms with Gasteiger partial charge in [0.05, 0.1) is 14.2 Å². The van der Waals surface area contributed by atoms with Gasteiger partial charge in [-0.3, -0.25) is 4.79 Å². The number of carbonyl (C=O) groups excluding carboxylic acids is 1. The van der Waals surface area contributed by atoms with E-state index in [0.29, 0.717) is 17.9 Å². The van der Waals surface area contributed by atoms with E-state index >= 15 is 0 Å². The molecule has 1 heterocycles. The number of ether oxygens (including phenoxy) is 2. The van der Waals surface area contributed by atoms with Crippen LogP contribution in [0.25, 0.3) is 22.8 Å². The van der Waals surface area contributed by atoms with Crippen LogP contribution in [0.3, 0.4) is 0 Å². The van der Waals surface area contributed by atoms with Crippen LogP contribution >= 0.6 is 0 Å². The van der Waals surface area contributed by atoms with Crippen LogP contribution < -0.4 is 9.47 Å². The number of rotatable bonds is 9. The van der Waals surface area contributed by atoms with Crippen LogP contribution in [0.15, 0.2) is 60.7 Å². The van der Waals surface area contributed by atoms with E-state index in [9.17, 15) is 4.79 Å². The number of likely N-dealkylation sites (tertiary alicyclic amines) is 1. The van der Waals surface area contributed by atoms with Crippen molar-refractivity contribution in [3.05, 3.63) is 82.9 Å². The van der Waals surface area contributed by atoms with Gasteiger partial charge in [0.25, 0.3) is 0 Å². The minimum atomic E-state index is 0.234. The molecule has 5 rings (SSSR count). The Hall–Kier alpha value is -3.37. The van der Waals surface area contributed by atoms with Crippen molar-refractivity contribution in [3.8, 4) is 22.6 Å². The first-order valence-corrected chi connectivity index (χ1v) is 13.1. The van der Waals surface area contributed by atoms with Gasteiger partial charge in [0, 0.05) is 12.0 Å². The summed E-state index contributed by atoms with van der Waals surface area (Å²) in [6.45, 7) is 3.55. The van der Waals surface area contributed by atoms with Crippen molar-refractivity contribution in [1.82, 2.24) is 4.90 Å². The lowest BCUT2D eigenvalue weighted by molar-refractivity contribution is 0.0977. The smallest absolute Gasteiger partial charge is 0.162 e. The molecule has 0 aromatic heterocycles. The SMILES string of the molecule is COc1ccc(/C=C2\c3ccccc3-c3ccc(C(=O)CCCCN4CCCCC4)cc32)cc1OC. The molecular weight excluding hydrogens is 446 g/mol. The zero-order valence-electron chi connectivity index (χ0n) is 21.4. The van der Waals surface area contributed by atoms with Crippen molar-refractivity contribution >= 4 is 17.4 Å². The molecule has 0 radical (unpaired) electrons. The highest BCUT2D eigenvalue weighted by Gasteiger charge is 2.24. The third-order valence-electron chi connectivity index (χ3n) is 7.43. The number of piperidine rings is 1. The molecule has 0 saturated carbocycles. The Bertz CT molecular complexity index is 1270. The summed E-state index contributed by atoms with van der Waals surface area (Å²) in [6.07, 6.45) is 8.81. The third kappa shape index (κ3) is 5.10. The standard InChI is InChI=1S/C32H35NO3/c1-35-31-16-13-23(21-32(31)36-2)20-28-26-11-5-4-10-25(26)27-15-14-24(22-29(27)28)30(34)12-6-9-19-33-17-7-3-8-18-33/h4-5,10-11,13-16,20-22H,3,6-9,12,17-19H2,1-2H3/b28-20+. The van der Waals surface area contributed by atoms with Gasteiger partial charge in [-0.25, -0.2) is 0 Å². The Morgan fingerprint density at radius 3 is 2.33 bits per heavy atom. The molecule has 0 unspecified atom stereocenters. The van der Waals surface area contributed by atoms with Gasteiger partial charge in [-0.1, -0.05) is 48.9 Å². The maximum atomic E-state index is 13.1. The van der Waals surface area contributed by atoms with E-state index in [1.807, 2.05) is 24.3 Å². The average molecular weight is 482 g/mol. The fourth-order valence-corrected chi connectivity index (χ4v) is 5.49. The van der Waals surface area contributed by atoms with Crippen LogP contribution in [0.4, 0.5) is 0 Å². The van der Waals surface area contributed by atoms with Gasteiger partial charge in [0.2, 0.25) is 0 Å². The molecule has 0 atom stereocenters. The summed E-state index contributed by atoms with van der Waals surface area (Å²) < 4.78 is 10.9. The summed E-state index contributed by atoms with van der Waals surface area (Å²) in [5.41, 5.74) is 7.65. The molecule has 186 valence electrons. The highest BCUT2D eigenvalue weighted by Crippen LogP contribution is 2.45. The van der Waals surface area contributed by atoms with Gasteiger partial charge >= 0.3 is 0 Å². The topological polar surface area (TPSA) is 38.8 Å². The molecule has 1 aliphatic heterocycles. The molecule has 0 N–H and O–H groups in total. The Labute approximate surface area is 214 Å². The second-order valence-corrected chi connectivity index (χ2v) is 9.76. The van der Waals surface area contributed by atoms with E-state index in [-0.39, 0.29) is 5.78 Å². The minimum absolute atomic E-state index is 0.234. The quantitative estimate of drug-likeness (QED) is 0.189. The van der Waals surface area contributed by atoms with Gasteiger partial charge in [-0.05, 0) is 103 Å². The van der Waals surface area contributed by atoms with E-state index in [0.717, 1.165) is 41.6 Å². The lowest BCUT2D eigenvalue weighted by atomic mass is 9.96. The molecule has 3 aromatic carbocycles. The van der Waals surface area contributed by atoms with Gasteiger partial charge in [0.1, 0.15) is 0 Å². The number of methoxy groups -OCH3 is 2. The van der Waals surface area contributed by atoms with E-state index in [2.05, 4.69) is 47.4 Å². The van der Waals surface area contributed by atoms with Crippen molar-refractivity contribution in [2.45, 2.75) is 38.5 Å². The summed E-state index contributed by atoms with van der Waals surface area (Å²) in [5, 5.41) is 0. The molecule has 4 heteroatoms. The van der Waals surface area contributed by atoms with Crippen LogP contribution in [-0.4, -0.2) is 44.5 Å². The summed E-state index contributed by atoms with van der Waals surface area (Å²) >= 11 is 0. The molecule has 0 spiro atoms. The van der Waals surface area contributed by atoms with Crippen LogP contribution in [0.1, 0.15) is 65.6 Å². The fraction of sp³-hybridized carbons (Fsp3) is 0.344. The zero-order valence-corrected chi connectivity index (χ0v) is 21.4. The minimum Gasteiger partial charge on any atom is -0.493 e. The molecule has 0 bridgehead atoms. The van der Waals surface area contributed by atoms with Crippen LogP contribution in [0.2, 0.25) is 0 Å². The van der Waals surface area contributed by atoms with Crippen molar-refractivity contribution in [1.29, 1.82) is 0 Å². The molecule has 36 heavy (non-hydrogen) atoms. The first-order chi connectivity index (χ1) is 17.7. The lowest BCUT2D eigenvalue weighted by Gasteiger charge is -2.26. The highest BCUT2D eigenvalue weighted by molar-refractivity contribution is 6.08. The predicted octanol–water partition coefficient (Wildman–Crippen LogP) is 7.11. The maximum Gasteiger partial charge on any atom is 0.162 e. The first-order valence-electron chi connectivity index (χ1n) is 13.1. The summed E-state index contributed by atoms with van der Waals surface area (Å²) in [5.74, 6) is 1.64. The monoisotopic (exact) mass is 481 g/mol. The zero-order chi connectivity index (χ0) is 24.9. The Kier molecular flexibility index (Phi) is 7.52. The highest BCUT2D eigenvalue weighted by atomic mass is 16.5. The number of nitrogens with zero attached hydrogens (tertiary/aromatic N) is 1. The van der Waals surface area contributed by atoms with Crippen molar-refractivity contribution in [2.24, 2.45) is 0 Å². The summed E-state index contributed by atoms with van der Waals surface area (Å²) in [6, 6.07) is 20.6. The second-order valence-electron chi connectivity index (χ2n) is 9.76. The number of fused-ring (bicyclic) bond motifs is 3. The molecule has 4 nitrogen and oxygen atoms in total. The fourth-order valence-electron chi connectivity index (χ4n) is 5.49. The van der Waals surface area contributed by atoms with Crippen molar-refractivity contribution in [2.75, 3.05) is 33.9 Å². The Morgan fingerprint density at radius 1 is 0.806 bits per heavy atom. The molecule has 3 aromatic rings. The van der Waals surface area contributed by atoms with E-state index in [4.69, 9.17) is 9.47 Å². The van der Waals surface area contributed by atoms with Gasteiger partial charge in [-0.2, -0.15) is 0 Å². The number of ketones is 1. The van der Waals surface area contributed by atoms with Gasteiger partial charge in [-0.15, -0.1) is 0 Å². The van der Waals surface area contributed by atoms with Gasteiger partial charge < -0.3 is 14.4 Å². The van der Waals surface area contributed by atoms with Crippen LogP contribution in [0.5, 0.6) is 11.5 Å². The lowest BCUT2D eigenvalue weighted by Crippen LogP contribution is -2.30.